The Kier molecular flexibility index (Phi) is 8.07. The molecule has 30 heavy (non-hydrogen) atoms. The molecule has 7 nitrogen and oxygen atoms in total. The topological polar surface area (TPSA) is 69.8 Å². The van der Waals surface area contributed by atoms with E-state index < -0.39 is 0 Å². The number of likely N-dealkylation sites (N-methyl/N-ethyl adjacent to an activating group) is 1. The lowest BCUT2D eigenvalue weighted by Gasteiger charge is -2.28. The average molecular weight is 433 g/mol. The molecule has 1 fully saturated rings. The maximum Gasteiger partial charge on any atom is 0.253 e. The van der Waals surface area contributed by atoms with E-state index in [0.717, 1.165) is 49.2 Å². The molecule has 0 radical (unpaired) electrons. The maximum atomic E-state index is 12.7. The number of rotatable bonds is 9. The van der Waals surface area contributed by atoms with E-state index in [1.165, 1.54) is 0 Å². The van der Waals surface area contributed by atoms with Crippen LogP contribution in [0.2, 0.25) is 0 Å². The van der Waals surface area contributed by atoms with Crippen molar-refractivity contribution in [2.45, 2.75) is 32.4 Å². The van der Waals surface area contributed by atoms with Crippen LogP contribution in [0.15, 0.2) is 29.1 Å². The highest BCUT2D eigenvalue weighted by molar-refractivity contribution is 7.80. The van der Waals surface area contributed by atoms with Crippen LogP contribution in [0, 0.1) is 0 Å². The highest BCUT2D eigenvalue weighted by Gasteiger charge is 2.18. The van der Waals surface area contributed by atoms with Crippen LogP contribution in [0.3, 0.4) is 0 Å². The van der Waals surface area contributed by atoms with Crippen molar-refractivity contribution in [2.24, 2.45) is 0 Å². The van der Waals surface area contributed by atoms with E-state index in [0.29, 0.717) is 30.4 Å². The van der Waals surface area contributed by atoms with Crippen molar-refractivity contribution < 1.29 is 9.47 Å². The number of pyridine rings is 1. The van der Waals surface area contributed by atoms with Crippen molar-refractivity contribution >= 4 is 28.2 Å². The van der Waals surface area contributed by atoms with Gasteiger partial charge in [0.25, 0.3) is 5.56 Å². The van der Waals surface area contributed by atoms with Crippen molar-refractivity contribution in [2.75, 3.05) is 46.9 Å². The first-order valence-corrected chi connectivity index (χ1v) is 10.9. The van der Waals surface area contributed by atoms with Gasteiger partial charge in [-0.05, 0) is 70.3 Å². The molecular weight excluding hydrogens is 400 g/mol. The summed E-state index contributed by atoms with van der Waals surface area (Å²) >= 11 is 5.66. The number of aromatic nitrogens is 1. The number of nitrogens with one attached hydrogen (secondary N) is 2. The Bertz CT molecular complexity index is 909. The Hall–Kier alpha value is -2.16. The molecule has 3 rings (SSSR count). The van der Waals surface area contributed by atoms with E-state index in [9.17, 15) is 4.79 Å². The number of aromatic amines is 1. The van der Waals surface area contributed by atoms with Crippen LogP contribution in [0.4, 0.5) is 0 Å². The van der Waals surface area contributed by atoms with Crippen molar-refractivity contribution in [3.63, 3.8) is 0 Å². The minimum atomic E-state index is -0.0940. The second-order valence-electron chi connectivity index (χ2n) is 7.85. The standard InChI is InChI=1S/C22H32N4O3S/c1-4-28-18-7-8-20-16(13-18)12-17(21(27)24-20)15-26(10-9-25(2)3)22(30)23-14-19-6-5-11-29-19/h7-8,12-13,19H,4-6,9-11,14-15H2,1-3H3,(H,23,30)(H,24,27). The van der Waals surface area contributed by atoms with Gasteiger partial charge in [0.2, 0.25) is 0 Å². The molecule has 0 saturated carbocycles. The zero-order chi connectivity index (χ0) is 21.5. The summed E-state index contributed by atoms with van der Waals surface area (Å²) in [6.45, 7) is 6.07. The van der Waals surface area contributed by atoms with Gasteiger partial charge >= 0.3 is 0 Å². The molecule has 1 unspecified atom stereocenters. The summed E-state index contributed by atoms with van der Waals surface area (Å²) in [6, 6.07) is 7.64. The van der Waals surface area contributed by atoms with E-state index in [2.05, 4.69) is 15.2 Å². The molecule has 164 valence electrons. The van der Waals surface area contributed by atoms with Gasteiger partial charge in [-0.25, -0.2) is 0 Å². The second kappa shape index (κ2) is 10.7. The van der Waals surface area contributed by atoms with E-state index >= 15 is 0 Å². The lowest BCUT2D eigenvalue weighted by molar-refractivity contribution is 0.113. The van der Waals surface area contributed by atoms with Crippen LogP contribution in [-0.4, -0.2) is 72.9 Å². The molecule has 1 aliphatic rings. The molecule has 8 heteroatoms. The summed E-state index contributed by atoms with van der Waals surface area (Å²) in [7, 11) is 4.05. The Balaban J connectivity index is 1.77. The first kappa shape index (κ1) is 22.5. The Labute approximate surface area is 183 Å². The zero-order valence-corrected chi connectivity index (χ0v) is 18.9. The fraction of sp³-hybridized carbons (Fsp3) is 0.545. The lowest BCUT2D eigenvalue weighted by Crippen LogP contribution is -2.45. The monoisotopic (exact) mass is 432 g/mol. The van der Waals surface area contributed by atoms with Gasteiger partial charge in [0.05, 0.1) is 19.3 Å². The van der Waals surface area contributed by atoms with Crippen molar-refractivity contribution in [1.82, 2.24) is 20.1 Å². The fourth-order valence-electron chi connectivity index (χ4n) is 3.50. The SMILES string of the molecule is CCOc1ccc2[nH]c(=O)c(CN(CCN(C)C)C(=S)NCC3CCCO3)cc2c1. The Morgan fingerprint density at radius 2 is 2.17 bits per heavy atom. The number of nitrogens with zero attached hydrogens (tertiary/aromatic N) is 2. The molecule has 1 atom stereocenters. The molecule has 0 amide bonds. The van der Waals surface area contributed by atoms with Crippen LogP contribution in [0.5, 0.6) is 5.75 Å². The molecule has 0 aliphatic carbocycles. The Morgan fingerprint density at radius 1 is 1.33 bits per heavy atom. The number of thiocarbonyl (C=S) groups is 1. The van der Waals surface area contributed by atoms with Gasteiger partial charge in [-0.15, -0.1) is 0 Å². The van der Waals surface area contributed by atoms with Gasteiger partial charge in [0, 0.05) is 42.7 Å². The van der Waals surface area contributed by atoms with Gasteiger partial charge in [0.15, 0.2) is 5.11 Å². The number of ether oxygens (including phenoxy) is 2. The van der Waals surface area contributed by atoms with Gasteiger partial charge in [-0.2, -0.15) is 0 Å². The van der Waals surface area contributed by atoms with Crippen LogP contribution in [0.25, 0.3) is 10.9 Å². The van der Waals surface area contributed by atoms with Crippen molar-refractivity contribution in [1.29, 1.82) is 0 Å². The smallest absolute Gasteiger partial charge is 0.253 e. The second-order valence-corrected chi connectivity index (χ2v) is 8.24. The number of fused-ring (bicyclic) bond motifs is 1. The van der Waals surface area contributed by atoms with E-state index in [1.807, 2.05) is 50.2 Å². The molecule has 2 N–H and O–H groups in total. The molecule has 1 aromatic heterocycles. The van der Waals surface area contributed by atoms with Gasteiger partial charge in [-0.3, -0.25) is 4.79 Å². The summed E-state index contributed by atoms with van der Waals surface area (Å²) < 4.78 is 11.3. The summed E-state index contributed by atoms with van der Waals surface area (Å²) in [5, 5.41) is 4.93. The molecule has 2 aromatic rings. The molecule has 1 saturated heterocycles. The minimum Gasteiger partial charge on any atom is -0.494 e. The quantitative estimate of drug-likeness (QED) is 0.590. The van der Waals surface area contributed by atoms with Crippen LogP contribution in [0.1, 0.15) is 25.3 Å². The molecular formula is C22H32N4O3S. The largest absolute Gasteiger partial charge is 0.494 e. The van der Waals surface area contributed by atoms with E-state index in [-0.39, 0.29) is 11.7 Å². The molecule has 1 aromatic carbocycles. The summed E-state index contributed by atoms with van der Waals surface area (Å²) in [6.07, 6.45) is 2.36. The number of hydrogen-bond donors (Lipinski definition) is 2. The number of benzene rings is 1. The van der Waals surface area contributed by atoms with Gasteiger partial charge in [-0.1, -0.05) is 0 Å². The van der Waals surface area contributed by atoms with E-state index in [1.54, 1.807) is 0 Å². The third kappa shape index (κ3) is 6.17. The highest BCUT2D eigenvalue weighted by atomic mass is 32.1. The molecule has 0 spiro atoms. The maximum absolute atomic E-state index is 12.7. The fourth-order valence-corrected chi connectivity index (χ4v) is 3.74. The molecule has 1 aliphatic heterocycles. The minimum absolute atomic E-state index is 0.0940. The zero-order valence-electron chi connectivity index (χ0n) is 18.1. The van der Waals surface area contributed by atoms with Gasteiger partial charge < -0.3 is 29.6 Å². The Morgan fingerprint density at radius 3 is 2.87 bits per heavy atom. The summed E-state index contributed by atoms with van der Waals surface area (Å²) in [5.74, 6) is 0.793. The normalized spacial score (nSPS) is 16.2. The lowest BCUT2D eigenvalue weighted by atomic mass is 10.1. The highest BCUT2D eigenvalue weighted by Crippen LogP contribution is 2.20. The van der Waals surface area contributed by atoms with E-state index in [4.69, 9.17) is 21.7 Å². The van der Waals surface area contributed by atoms with Crippen molar-refractivity contribution in [3.05, 3.63) is 40.2 Å². The number of H-pyrrole nitrogens is 1. The van der Waals surface area contributed by atoms with Crippen LogP contribution >= 0.6 is 12.2 Å². The summed E-state index contributed by atoms with van der Waals surface area (Å²) in [5.41, 5.74) is 1.38. The first-order valence-electron chi connectivity index (χ1n) is 10.5. The molecule has 0 bridgehead atoms. The summed E-state index contributed by atoms with van der Waals surface area (Å²) in [4.78, 5) is 19.8. The predicted octanol–water partition coefficient (Wildman–Crippen LogP) is 2.34. The molecule has 2 heterocycles. The average Bonchev–Trinajstić information content (AvgIpc) is 3.23. The van der Waals surface area contributed by atoms with Crippen LogP contribution < -0.4 is 15.6 Å². The number of hydrogen-bond acceptors (Lipinski definition) is 5. The van der Waals surface area contributed by atoms with Crippen LogP contribution in [-0.2, 0) is 11.3 Å². The van der Waals surface area contributed by atoms with Gasteiger partial charge in [0.1, 0.15) is 5.75 Å². The van der Waals surface area contributed by atoms with Crippen molar-refractivity contribution in [3.8, 4) is 5.75 Å². The predicted molar refractivity (Wildman–Crippen MR) is 124 cm³/mol. The first-order chi connectivity index (χ1) is 14.5. The third-order valence-corrected chi connectivity index (χ3v) is 5.58. The third-order valence-electron chi connectivity index (χ3n) is 5.17.